The second-order valence-electron chi connectivity index (χ2n) is 4.76. The molecule has 3 rings (SSSR count). The van der Waals surface area contributed by atoms with E-state index in [2.05, 4.69) is 12.2 Å². The monoisotopic (exact) mass is 276 g/mol. The van der Waals surface area contributed by atoms with Crippen molar-refractivity contribution in [2.45, 2.75) is 24.6 Å². The molecule has 1 saturated heterocycles. The van der Waals surface area contributed by atoms with Gasteiger partial charge in [0.05, 0.1) is 11.3 Å². The van der Waals surface area contributed by atoms with Gasteiger partial charge in [-0.05, 0) is 24.3 Å². The van der Waals surface area contributed by atoms with Crippen LogP contribution in [0.25, 0.3) is 0 Å². The van der Waals surface area contributed by atoms with Gasteiger partial charge in [-0.25, -0.2) is 0 Å². The normalized spacial score (nSPS) is 25.6. The molecular formula is C14H16N2O2S. The lowest BCUT2D eigenvalue weighted by Gasteiger charge is -2.23. The molecule has 2 aliphatic rings. The highest BCUT2D eigenvalue weighted by molar-refractivity contribution is 7.99. The summed E-state index contributed by atoms with van der Waals surface area (Å²) in [5, 5.41) is 3.11. The summed E-state index contributed by atoms with van der Waals surface area (Å²) in [6.45, 7) is 2.75. The summed E-state index contributed by atoms with van der Waals surface area (Å²) in [6.07, 6.45) is 0.893. The van der Waals surface area contributed by atoms with E-state index in [0.717, 1.165) is 12.2 Å². The van der Waals surface area contributed by atoms with E-state index in [1.165, 1.54) is 0 Å². The highest BCUT2D eigenvalue weighted by atomic mass is 32.2. The molecule has 0 radical (unpaired) electrons. The first-order valence-electron chi connectivity index (χ1n) is 6.55. The molecule has 0 unspecified atom stereocenters. The van der Waals surface area contributed by atoms with E-state index in [1.807, 2.05) is 12.1 Å². The van der Waals surface area contributed by atoms with E-state index in [4.69, 9.17) is 0 Å². The van der Waals surface area contributed by atoms with Crippen molar-refractivity contribution in [3.05, 3.63) is 29.8 Å². The molecule has 0 saturated carbocycles. The molecule has 1 fully saturated rings. The molecule has 19 heavy (non-hydrogen) atoms. The highest BCUT2D eigenvalue weighted by Crippen LogP contribution is 2.34. The Morgan fingerprint density at radius 2 is 2.16 bits per heavy atom. The van der Waals surface area contributed by atoms with Crippen molar-refractivity contribution in [1.29, 1.82) is 0 Å². The Morgan fingerprint density at radius 3 is 2.95 bits per heavy atom. The van der Waals surface area contributed by atoms with E-state index < -0.39 is 0 Å². The number of anilines is 1. The molecule has 0 aliphatic carbocycles. The van der Waals surface area contributed by atoms with Gasteiger partial charge in [-0.3, -0.25) is 9.59 Å². The molecule has 2 aliphatic heterocycles. The van der Waals surface area contributed by atoms with Gasteiger partial charge in [0.25, 0.3) is 5.91 Å². The largest absolute Gasteiger partial charge is 0.325 e. The number of hydrogen-bond acceptors (Lipinski definition) is 3. The maximum Gasteiger partial charge on any atom is 0.256 e. The zero-order valence-electron chi connectivity index (χ0n) is 10.8. The van der Waals surface area contributed by atoms with Crippen LogP contribution in [0.5, 0.6) is 0 Å². The Kier molecular flexibility index (Phi) is 3.22. The van der Waals surface area contributed by atoms with Crippen LogP contribution < -0.4 is 5.32 Å². The van der Waals surface area contributed by atoms with Crippen LogP contribution >= 0.6 is 11.8 Å². The minimum absolute atomic E-state index is 0.0295. The van der Waals surface area contributed by atoms with Gasteiger partial charge in [-0.1, -0.05) is 19.1 Å². The predicted octanol–water partition coefficient (Wildman–Crippen LogP) is 1.97. The molecule has 5 heteroatoms. The number of carbonyl (C=O) groups is 2. The lowest BCUT2D eigenvalue weighted by Crippen LogP contribution is -2.44. The summed E-state index contributed by atoms with van der Waals surface area (Å²) < 4.78 is 0. The van der Waals surface area contributed by atoms with Crippen molar-refractivity contribution in [2.75, 3.05) is 17.6 Å². The number of rotatable bonds is 2. The number of hydrogen-bond donors (Lipinski definition) is 1. The SMILES string of the molecule is CCS[C@H]1CCN2C(=O)c3ccccc3NC(=O)[C@H]12. The van der Waals surface area contributed by atoms with Crippen molar-refractivity contribution < 1.29 is 9.59 Å². The number of benzene rings is 1. The van der Waals surface area contributed by atoms with Gasteiger partial charge in [0.15, 0.2) is 0 Å². The summed E-state index contributed by atoms with van der Waals surface area (Å²) in [7, 11) is 0. The molecule has 0 aromatic heterocycles. The van der Waals surface area contributed by atoms with Crippen LogP contribution in [0.1, 0.15) is 23.7 Å². The van der Waals surface area contributed by atoms with Gasteiger partial charge in [0, 0.05) is 11.8 Å². The third kappa shape index (κ3) is 2.02. The zero-order valence-corrected chi connectivity index (χ0v) is 11.6. The van der Waals surface area contributed by atoms with Gasteiger partial charge in [0.2, 0.25) is 5.91 Å². The Bertz CT molecular complexity index is 532. The first-order valence-corrected chi connectivity index (χ1v) is 7.59. The summed E-state index contributed by atoms with van der Waals surface area (Å²) in [6, 6.07) is 6.90. The smallest absolute Gasteiger partial charge is 0.256 e. The number of nitrogens with zero attached hydrogens (tertiary/aromatic N) is 1. The molecule has 0 bridgehead atoms. The minimum Gasteiger partial charge on any atom is -0.325 e. The van der Waals surface area contributed by atoms with Gasteiger partial charge in [0.1, 0.15) is 6.04 Å². The van der Waals surface area contributed by atoms with E-state index in [9.17, 15) is 9.59 Å². The maximum absolute atomic E-state index is 12.5. The van der Waals surface area contributed by atoms with E-state index >= 15 is 0 Å². The van der Waals surface area contributed by atoms with Crippen LogP contribution in [0.15, 0.2) is 24.3 Å². The lowest BCUT2D eigenvalue weighted by molar-refractivity contribution is -0.119. The molecular weight excluding hydrogens is 260 g/mol. The average Bonchev–Trinajstić information content (AvgIpc) is 2.78. The summed E-state index contributed by atoms with van der Waals surface area (Å²) in [5.41, 5.74) is 1.23. The fraction of sp³-hybridized carbons (Fsp3) is 0.429. The van der Waals surface area contributed by atoms with Crippen molar-refractivity contribution in [3.63, 3.8) is 0 Å². The molecule has 100 valence electrons. The van der Waals surface area contributed by atoms with Crippen LogP contribution in [0, 0.1) is 0 Å². The maximum atomic E-state index is 12.5. The number of para-hydroxylation sites is 1. The number of amides is 2. The average molecular weight is 276 g/mol. The third-order valence-corrected chi connectivity index (χ3v) is 4.92. The number of fused-ring (bicyclic) bond motifs is 2. The predicted molar refractivity (Wildman–Crippen MR) is 76.4 cm³/mol. The molecule has 4 nitrogen and oxygen atoms in total. The summed E-state index contributed by atoms with van der Waals surface area (Å²) >= 11 is 1.76. The molecule has 2 amide bonds. The Balaban J connectivity index is 1.99. The molecule has 1 aromatic rings. The standard InChI is InChI=1S/C14H16N2O2S/c1-2-19-11-7-8-16-12(11)13(17)15-10-6-4-3-5-9(10)14(16)18/h3-6,11-12H,2,7-8H2,1H3,(H,15,17)/t11-,12-/m0/s1. The van der Waals surface area contributed by atoms with Gasteiger partial charge in [-0.15, -0.1) is 0 Å². The third-order valence-electron chi connectivity index (χ3n) is 3.67. The van der Waals surface area contributed by atoms with E-state index in [0.29, 0.717) is 17.8 Å². The van der Waals surface area contributed by atoms with Crippen LogP contribution in [-0.2, 0) is 4.79 Å². The second-order valence-corrected chi connectivity index (χ2v) is 6.28. The van der Waals surface area contributed by atoms with Crippen LogP contribution in [-0.4, -0.2) is 40.3 Å². The highest BCUT2D eigenvalue weighted by Gasteiger charge is 2.44. The molecule has 1 N–H and O–H groups in total. The summed E-state index contributed by atoms with van der Waals surface area (Å²) in [5.74, 6) is 0.878. The van der Waals surface area contributed by atoms with Crippen molar-refractivity contribution in [1.82, 2.24) is 4.90 Å². The van der Waals surface area contributed by atoms with Crippen molar-refractivity contribution >= 4 is 29.3 Å². The topological polar surface area (TPSA) is 49.4 Å². The first kappa shape index (κ1) is 12.5. The number of nitrogens with one attached hydrogen (secondary N) is 1. The zero-order chi connectivity index (χ0) is 13.4. The number of carbonyl (C=O) groups excluding carboxylic acids is 2. The van der Waals surface area contributed by atoms with E-state index in [-0.39, 0.29) is 23.1 Å². The molecule has 1 aromatic carbocycles. The Morgan fingerprint density at radius 1 is 1.37 bits per heavy atom. The second kappa shape index (κ2) is 4.89. The Labute approximate surface area is 116 Å². The van der Waals surface area contributed by atoms with Gasteiger partial charge < -0.3 is 10.2 Å². The first-order chi connectivity index (χ1) is 9.22. The fourth-order valence-electron chi connectivity index (χ4n) is 2.83. The van der Waals surface area contributed by atoms with Crippen LogP contribution in [0.2, 0.25) is 0 Å². The van der Waals surface area contributed by atoms with E-state index in [1.54, 1.807) is 28.8 Å². The van der Waals surface area contributed by atoms with Gasteiger partial charge >= 0.3 is 0 Å². The van der Waals surface area contributed by atoms with Gasteiger partial charge in [-0.2, -0.15) is 11.8 Å². The van der Waals surface area contributed by atoms with Crippen molar-refractivity contribution in [2.24, 2.45) is 0 Å². The Hall–Kier alpha value is -1.49. The van der Waals surface area contributed by atoms with Crippen molar-refractivity contribution in [3.8, 4) is 0 Å². The van der Waals surface area contributed by atoms with Crippen LogP contribution in [0.3, 0.4) is 0 Å². The molecule has 0 spiro atoms. The van der Waals surface area contributed by atoms with Crippen LogP contribution in [0.4, 0.5) is 5.69 Å². The molecule has 2 heterocycles. The number of thioether (sulfide) groups is 1. The molecule has 2 atom stereocenters. The minimum atomic E-state index is -0.329. The quantitative estimate of drug-likeness (QED) is 0.898. The fourth-order valence-corrected chi connectivity index (χ4v) is 3.98. The lowest BCUT2D eigenvalue weighted by atomic mass is 10.1. The summed E-state index contributed by atoms with van der Waals surface area (Å²) in [4.78, 5) is 26.6.